The first kappa shape index (κ1) is 30.2. The highest BCUT2D eigenvalue weighted by molar-refractivity contribution is 7.99. The largest absolute Gasteiger partial charge is 0.463 e. The molecule has 2 aromatic rings. The number of hydrogen-bond donors (Lipinski definition) is 0. The second-order valence-corrected chi connectivity index (χ2v) is 17.0. The van der Waals surface area contributed by atoms with Gasteiger partial charge in [0.25, 0.3) is 0 Å². The SMILES string of the molecule is CC(=O)OC[C@H]1O[C@@H](Sc2ccc(C)cc2)[C@H](N=[N+]=[N-])[C@@H](OCc2ccccc2)[C@@H]1O[Si](C)(C)C(C)(C)C. The Morgan fingerprint density at radius 3 is 2.34 bits per heavy atom. The van der Waals surface area contributed by atoms with E-state index in [-0.39, 0.29) is 11.6 Å². The zero-order valence-corrected chi connectivity index (χ0v) is 25.1. The number of thioether (sulfide) groups is 1. The number of benzene rings is 2. The molecule has 1 aliphatic rings. The number of aryl methyl sites for hydroxylation is 1. The first-order valence-corrected chi connectivity index (χ1v) is 16.6. The molecule has 206 valence electrons. The Labute approximate surface area is 231 Å². The normalized spacial score (nSPS) is 23.9. The number of ether oxygens (including phenoxy) is 3. The molecular formula is C28H39N3O5SSi. The van der Waals surface area contributed by atoms with Crippen molar-refractivity contribution in [3.05, 3.63) is 76.2 Å². The molecule has 2 aromatic carbocycles. The maximum absolute atomic E-state index is 11.8. The number of carbonyl (C=O) groups is 1. The zero-order chi connectivity index (χ0) is 27.9. The lowest BCUT2D eigenvalue weighted by atomic mass is 9.98. The molecule has 0 unspecified atom stereocenters. The van der Waals surface area contributed by atoms with Crippen LogP contribution in [0.4, 0.5) is 0 Å². The van der Waals surface area contributed by atoms with Crippen molar-refractivity contribution in [1.82, 2.24) is 0 Å². The van der Waals surface area contributed by atoms with Gasteiger partial charge in [-0.25, -0.2) is 0 Å². The van der Waals surface area contributed by atoms with Crippen molar-refractivity contribution in [1.29, 1.82) is 0 Å². The standard InChI is InChI=1S/C28H39N3O5SSi/c1-19-13-15-22(16-14-19)37-27-24(30-31-29)26(34-17-21-11-9-8-10-12-21)25(23(35-27)18-33-20(2)32)36-38(6,7)28(3,4)5/h8-16,23-27H,17-18H2,1-7H3/t23-,24-,25-,26-,27+/m1/s1. The molecule has 1 heterocycles. The summed E-state index contributed by atoms with van der Waals surface area (Å²) >= 11 is 1.46. The van der Waals surface area contributed by atoms with E-state index < -0.39 is 44.1 Å². The first-order chi connectivity index (χ1) is 17.9. The van der Waals surface area contributed by atoms with Crippen LogP contribution < -0.4 is 0 Å². The van der Waals surface area contributed by atoms with Gasteiger partial charge in [0.05, 0.1) is 12.7 Å². The predicted octanol–water partition coefficient (Wildman–Crippen LogP) is 7.03. The summed E-state index contributed by atoms with van der Waals surface area (Å²) in [4.78, 5) is 15.9. The van der Waals surface area contributed by atoms with Crippen LogP contribution in [-0.2, 0) is 30.0 Å². The van der Waals surface area contributed by atoms with Crippen LogP contribution in [0.1, 0.15) is 38.8 Å². The van der Waals surface area contributed by atoms with E-state index in [0.29, 0.717) is 6.61 Å². The molecule has 0 N–H and O–H groups in total. The van der Waals surface area contributed by atoms with Crippen LogP contribution in [0.25, 0.3) is 10.4 Å². The summed E-state index contributed by atoms with van der Waals surface area (Å²) in [6, 6.07) is 17.2. The highest BCUT2D eigenvalue weighted by atomic mass is 32.2. The Hall–Kier alpha value is -2.33. The summed E-state index contributed by atoms with van der Waals surface area (Å²) in [6.45, 7) is 14.5. The molecule has 0 bridgehead atoms. The average Bonchev–Trinajstić information content (AvgIpc) is 2.85. The van der Waals surface area contributed by atoms with E-state index >= 15 is 0 Å². The Kier molecular flexibility index (Phi) is 10.5. The van der Waals surface area contributed by atoms with E-state index in [9.17, 15) is 10.3 Å². The number of azide groups is 1. The lowest BCUT2D eigenvalue weighted by Gasteiger charge is -2.49. The van der Waals surface area contributed by atoms with Gasteiger partial charge in [-0.1, -0.05) is 85.7 Å². The molecule has 10 heteroatoms. The molecule has 0 saturated carbocycles. The van der Waals surface area contributed by atoms with Gasteiger partial charge in [0, 0.05) is 16.7 Å². The van der Waals surface area contributed by atoms with Crippen molar-refractivity contribution in [3.8, 4) is 0 Å². The van der Waals surface area contributed by atoms with Crippen molar-refractivity contribution in [2.24, 2.45) is 5.11 Å². The molecular weight excluding hydrogens is 518 g/mol. The predicted molar refractivity (Wildman–Crippen MR) is 152 cm³/mol. The maximum atomic E-state index is 11.8. The number of carbonyl (C=O) groups excluding carboxylic acids is 1. The highest BCUT2D eigenvalue weighted by Crippen LogP contribution is 2.42. The van der Waals surface area contributed by atoms with Crippen molar-refractivity contribution in [2.45, 2.75) is 94.0 Å². The third-order valence-corrected chi connectivity index (χ3v) is 12.7. The average molecular weight is 558 g/mol. The van der Waals surface area contributed by atoms with E-state index in [4.69, 9.17) is 18.6 Å². The van der Waals surface area contributed by atoms with Crippen molar-refractivity contribution in [3.63, 3.8) is 0 Å². The number of esters is 1. The molecule has 5 atom stereocenters. The molecule has 38 heavy (non-hydrogen) atoms. The summed E-state index contributed by atoms with van der Waals surface area (Å²) in [5.41, 5.74) is 11.1. The van der Waals surface area contributed by atoms with Crippen LogP contribution in [0, 0.1) is 6.92 Å². The smallest absolute Gasteiger partial charge is 0.302 e. The lowest BCUT2D eigenvalue weighted by molar-refractivity contribution is -0.188. The molecule has 0 amide bonds. The molecule has 1 fully saturated rings. The van der Waals surface area contributed by atoms with Crippen molar-refractivity contribution < 1.29 is 23.4 Å². The van der Waals surface area contributed by atoms with E-state index in [1.54, 1.807) is 0 Å². The molecule has 3 rings (SSSR count). The third kappa shape index (κ3) is 8.08. The number of rotatable bonds is 10. The van der Waals surface area contributed by atoms with Crippen molar-refractivity contribution >= 4 is 26.0 Å². The van der Waals surface area contributed by atoms with Crippen LogP contribution in [0.15, 0.2) is 64.6 Å². The Balaban J connectivity index is 2.02. The maximum Gasteiger partial charge on any atom is 0.302 e. The lowest BCUT2D eigenvalue weighted by Crippen LogP contribution is -2.62. The monoisotopic (exact) mass is 557 g/mol. The minimum atomic E-state index is -2.34. The van der Waals surface area contributed by atoms with Gasteiger partial charge in [0.15, 0.2) is 8.32 Å². The number of nitrogens with zero attached hydrogens (tertiary/aromatic N) is 3. The summed E-state index contributed by atoms with van der Waals surface area (Å²) in [7, 11) is -2.34. The van der Waals surface area contributed by atoms with E-state index in [1.165, 1.54) is 18.7 Å². The minimum absolute atomic E-state index is 0.00770. The molecule has 8 nitrogen and oxygen atoms in total. The van der Waals surface area contributed by atoms with Crippen LogP contribution in [0.3, 0.4) is 0 Å². The summed E-state index contributed by atoms with van der Waals surface area (Å²) in [5.74, 6) is -0.402. The van der Waals surface area contributed by atoms with Crippen LogP contribution in [0.2, 0.25) is 18.1 Å². The Morgan fingerprint density at radius 1 is 1.11 bits per heavy atom. The zero-order valence-electron chi connectivity index (χ0n) is 23.3. The van der Waals surface area contributed by atoms with Gasteiger partial charge in [-0.15, -0.1) is 0 Å². The fraction of sp³-hybridized carbons (Fsp3) is 0.536. The Morgan fingerprint density at radius 2 is 1.76 bits per heavy atom. The molecule has 0 radical (unpaired) electrons. The molecule has 0 aliphatic carbocycles. The van der Waals surface area contributed by atoms with Gasteiger partial charge < -0.3 is 18.6 Å². The highest BCUT2D eigenvalue weighted by Gasteiger charge is 2.51. The molecule has 0 aromatic heterocycles. The summed E-state index contributed by atoms with van der Waals surface area (Å²) in [6.07, 6.45) is -1.84. The van der Waals surface area contributed by atoms with E-state index in [1.807, 2.05) is 61.5 Å². The molecule has 1 aliphatic heterocycles. The first-order valence-electron chi connectivity index (χ1n) is 12.8. The van der Waals surface area contributed by atoms with Gasteiger partial charge in [0.2, 0.25) is 0 Å². The fourth-order valence-corrected chi connectivity index (χ4v) is 6.30. The summed E-state index contributed by atoms with van der Waals surface area (Å²) < 4.78 is 25.4. The van der Waals surface area contributed by atoms with Crippen LogP contribution in [0.5, 0.6) is 0 Å². The second-order valence-electron chi connectivity index (χ2n) is 11.1. The summed E-state index contributed by atoms with van der Waals surface area (Å²) in [5, 5.41) is 4.09. The molecule has 0 spiro atoms. The van der Waals surface area contributed by atoms with E-state index in [0.717, 1.165) is 16.0 Å². The van der Waals surface area contributed by atoms with Crippen LogP contribution >= 0.6 is 11.8 Å². The quantitative estimate of drug-likeness (QED) is 0.102. The minimum Gasteiger partial charge on any atom is -0.463 e. The van der Waals surface area contributed by atoms with Gasteiger partial charge in [-0.2, -0.15) is 0 Å². The fourth-order valence-electron chi connectivity index (χ4n) is 3.87. The Bertz CT molecular complexity index is 1100. The van der Waals surface area contributed by atoms with Gasteiger partial charge >= 0.3 is 5.97 Å². The third-order valence-electron chi connectivity index (χ3n) is 7.05. The number of hydrogen-bond acceptors (Lipinski definition) is 7. The molecule has 1 saturated heterocycles. The van der Waals surface area contributed by atoms with Crippen molar-refractivity contribution in [2.75, 3.05) is 6.61 Å². The van der Waals surface area contributed by atoms with Gasteiger partial charge in [-0.05, 0) is 48.3 Å². The van der Waals surface area contributed by atoms with Crippen LogP contribution in [-0.4, -0.2) is 50.7 Å². The topological polar surface area (TPSA) is 103 Å². The van der Waals surface area contributed by atoms with E-state index in [2.05, 4.69) is 43.9 Å². The van der Waals surface area contributed by atoms with Gasteiger partial charge in [-0.3, -0.25) is 4.79 Å². The van der Waals surface area contributed by atoms with Gasteiger partial charge in [0.1, 0.15) is 30.3 Å². The second kappa shape index (κ2) is 13.1.